The van der Waals surface area contributed by atoms with Gasteiger partial charge in [-0.2, -0.15) is 18.3 Å². The van der Waals surface area contributed by atoms with E-state index < -0.39 is 24.0 Å². The summed E-state index contributed by atoms with van der Waals surface area (Å²) in [5.74, 6) is -1.40. The number of fused-ring (bicyclic) bond motifs is 1. The van der Waals surface area contributed by atoms with Crippen LogP contribution in [0.1, 0.15) is 28.9 Å². The van der Waals surface area contributed by atoms with Crippen molar-refractivity contribution in [2.24, 2.45) is 5.92 Å². The van der Waals surface area contributed by atoms with Gasteiger partial charge in [-0.1, -0.05) is 11.6 Å². The van der Waals surface area contributed by atoms with Crippen molar-refractivity contribution in [2.45, 2.75) is 32.0 Å². The molecule has 9 heteroatoms. The normalized spacial score (nSPS) is 16.8. The fourth-order valence-electron chi connectivity index (χ4n) is 2.35. The smallest absolute Gasteiger partial charge is 0.340 e. The number of carbonyl (C=O) groups is 1. The van der Waals surface area contributed by atoms with Gasteiger partial charge < -0.3 is 5.32 Å². The van der Waals surface area contributed by atoms with Crippen molar-refractivity contribution >= 4 is 23.2 Å². The fraction of sp³-hybridized carbons (Fsp3) is 0.462. The Balaban J connectivity index is 1.92. The molecule has 2 heterocycles. The molecule has 0 radical (unpaired) electrons. The molecule has 1 aliphatic rings. The first-order valence-corrected chi connectivity index (χ1v) is 7.03. The van der Waals surface area contributed by atoms with E-state index in [9.17, 15) is 18.0 Å². The van der Waals surface area contributed by atoms with Crippen LogP contribution < -0.4 is 5.32 Å². The molecule has 1 amide bonds. The van der Waals surface area contributed by atoms with E-state index in [1.165, 1.54) is 10.7 Å². The maximum absolute atomic E-state index is 13.0. The number of rotatable bonds is 3. The second-order valence-electron chi connectivity index (χ2n) is 5.34. The van der Waals surface area contributed by atoms with Gasteiger partial charge >= 0.3 is 6.18 Å². The lowest BCUT2D eigenvalue weighted by Crippen LogP contribution is -2.46. The zero-order chi connectivity index (χ0) is 16.1. The summed E-state index contributed by atoms with van der Waals surface area (Å²) in [6, 6.07) is -0.290. The average molecular weight is 333 g/mol. The Morgan fingerprint density at radius 3 is 2.77 bits per heavy atom. The standard InChI is InChI=1S/C13H12ClF3N4O/c1-6-4-9(14)19-11-8(5-18-21(6)11)12(22)20-10(7-2-3-7)13(15,16)17/h4-5,7,10H,2-3H2,1H3,(H,20,22). The number of nitrogens with zero attached hydrogens (tertiary/aromatic N) is 3. The highest BCUT2D eigenvalue weighted by molar-refractivity contribution is 6.29. The summed E-state index contributed by atoms with van der Waals surface area (Å²) in [6.07, 6.45) is -2.35. The van der Waals surface area contributed by atoms with Crippen LogP contribution in [-0.4, -0.2) is 32.7 Å². The summed E-state index contributed by atoms with van der Waals surface area (Å²) < 4.78 is 40.3. The molecule has 118 valence electrons. The van der Waals surface area contributed by atoms with Gasteiger partial charge in [-0.25, -0.2) is 9.50 Å². The zero-order valence-electron chi connectivity index (χ0n) is 11.5. The van der Waals surface area contributed by atoms with Crippen LogP contribution in [0.3, 0.4) is 0 Å². The number of alkyl halides is 3. The van der Waals surface area contributed by atoms with Crippen molar-refractivity contribution in [1.82, 2.24) is 19.9 Å². The van der Waals surface area contributed by atoms with Crippen LogP contribution in [0.25, 0.3) is 5.65 Å². The summed E-state index contributed by atoms with van der Waals surface area (Å²) in [4.78, 5) is 16.2. The monoisotopic (exact) mass is 332 g/mol. The van der Waals surface area contributed by atoms with Crippen LogP contribution >= 0.6 is 11.6 Å². The first-order valence-electron chi connectivity index (χ1n) is 6.66. The van der Waals surface area contributed by atoms with Crippen molar-refractivity contribution in [3.8, 4) is 0 Å². The molecule has 0 aromatic carbocycles. The van der Waals surface area contributed by atoms with Gasteiger partial charge in [0.15, 0.2) is 5.65 Å². The second kappa shape index (κ2) is 5.12. The number of amides is 1. The van der Waals surface area contributed by atoms with Gasteiger partial charge in [0.2, 0.25) is 0 Å². The lowest BCUT2D eigenvalue weighted by Gasteiger charge is -2.20. The predicted octanol–water partition coefficient (Wildman–Crippen LogP) is 2.76. The number of aromatic nitrogens is 3. The third kappa shape index (κ3) is 2.75. The van der Waals surface area contributed by atoms with Crippen LogP contribution in [0.5, 0.6) is 0 Å². The van der Waals surface area contributed by atoms with Gasteiger partial charge in [0.25, 0.3) is 5.91 Å². The largest absolute Gasteiger partial charge is 0.408 e. The van der Waals surface area contributed by atoms with Crippen molar-refractivity contribution in [3.63, 3.8) is 0 Å². The molecule has 1 saturated carbocycles. The molecule has 2 aromatic rings. The van der Waals surface area contributed by atoms with E-state index in [1.54, 1.807) is 13.0 Å². The van der Waals surface area contributed by atoms with Crippen molar-refractivity contribution < 1.29 is 18.0 Å². The number of hydrogen-bond acceptors (Lipinski definition) is 3. The van der Waals surface area contributed by atoms with Gasteiger partial charge in [0, 0.05) is 5.69 Å². The summed E-state index contributed by atoms with van der Waals surface area (Å²) in [5, 5.41) is 6.16. The van der Waals surface area contributed by atoms with E-state index in [2.05, 4.69) is 15.4 Å². The average Bonchev–Trinajstić information content (AvgIpc) is 3.13. The molecule has 0 aliphatic heterocycles. The maximum atomic E-state index is 13.0. The number of carbonyl (C=O) groups excluding carboxylic acids is 1. The number of hydrogen-bond donors (Lipinski definition) is 1. The molecule has 1 unspecified atom stereocenters. The Morgan fingerprint density at radius 2 is 2.18 bits per heavy atom. The molecule has 1 fully saturated rings. The molecule has 0 bridgehead atoms. The Bertz CT molecular complexity index is 739. The molecule has 22 heavy (non-hydrogen) atoms. The highest BCUT2D eigenvalue weighted by Gasteiger charge is 2.49. The number of aryl methyl sites for hydroxylation is 1. The predicted molar refractivity (Wildman–Crippen MR) is 72.8 cm³/mol. The van der Waals surface area contributed by atoms with Crippen LogP contribution in [0, 0.1) is 12.8 Å². The minimum Gasteiger partial charge on any atom is -0.340 e. The third-order valence-corrected chi connectivity index (χ3v) is 3.79. The Hall–Kier alpha value is -1.83. The van der Waals surface area contributed by atoms with Crippen molar-refractivity contribution in [3.05, 3.63) is 28.7 Å². The highest BCUT2D eigenvalue weighted by atomic mass is 35.5. The molecular weight excluding hydrogens is 321 g/mol. The van der Waals surface area contributed by atoms with Gasteiger partial charge in [-0.05, 0) is 31.7 Å². The van der Waals surface area contributed by atoms with Crippen LogP contribution in [0.4, 0.5) is 13.2 Å². The van der Waals surface area contributed by atoms with Crippen LogP contribution in [0.15, 0.2) is 12.3 Å². The lowest BCUT2D eigenvalue weighted by molar-refractivity contribution is -0.158. The van der Waals surface area contributed by atoms with Gasteiger partial charge in [0.05, 0.1) is 6.20 Å². The van der Waals surface area contributed by atoms with Gasteiger partial charge in [-0.3, -0.25) is 4.79 Å². The molecule has 0 saturated heterocycles. The molecule has 0 spiro atoms. The summed E-state index contributed by atoms with van der Waals surface area (Å²) in [5.41, 5.74) is 0.739. The van der Waals surface area contributed by atoms with Gasteiger partial charge in [0.1, 0.15) is 16.8 Å². The minimum absolute atomic E-state index is 0.0273. The molecular formula is C13H12ClF3N4O. The van der Waals surface area contributed by atoms with E-state index in [-0.39, 0.29) is 16.4 Å². The van der Waals surface area contributed by atoms with Crippen LogP contribution in [0.2, 0.25) is 5.15 Å². The molecule has 1 N–H and O–H groups in total. The highest BCUT2D eigenvalue weighted by Crippen LogP contribution is 2.40. The minimum atomic E-state index is -4.47. The SMILES string of the molecule is Cc1cc(Cl)nc2c(C(=O)NC(C3CC3)C(F)(F)F)cnn12. The summed E-state index contributed by atoms with van der Waals surface area (Å²) in [6.45, 7) is 1.71. The van der Waals surface area contributed by atoms with Gasteiger partial charge in [-0.15, -0.1) is 0 Å². The van der Waals surface area contributed by atoms with Crippen LogP contribution in [-0.2, 0) is 0 Å². The Kier molecular flexibility index (Phi) is 3.51. The quantitative estimate of drug-likeness (QED) is 0.879. The first kappa shape index (κ1) is 15.1. The van der Waals surface area contributed by atoms with E-state index in [4.69, 9.17) is 11.6 Å². The van der Waals surface area contributed by atoms with E-state index in [1.807, 2.05) is 0 Å². The third-order valence-electron chi connectivity index (χ3n) is 3.60. The maximum Gasteiger partial charge on any atom is 0.408 e. The molecule has 1 atom stereocenters. The molecule has 2 aromatic heterocycles. The lowest BCUT2D eigenvalue weighted by atomic mass is 10.1. The number of halogens is 4. The Labute approximate surface area is 128 Å². The second-order valence-corrected chi connectivity index (χ2v) is 5.73. The summed E-state index contributed by atoms with van der Waals surface area (Å²) in [7, 11) is 0. The molecule has 5 nitrogen and oxygen atoms in total. The van der Waals surface area contributed by atoms with E-state index in [0.717, 1.165) is 0 Å². The molecule has 1 aliphatic carbocycles. The fourth-order valence-corrected chi connectivity index (χ4v) is 2.59. The zero-order valence-corrected chi connectivity index (χ0v) is 12.2. The molecule has 3 rings (SSSR count). The number of nitrogens with one attached hydrogen (secondary N) is 1. The summed E-state index contributed by atoms with van der Waals surface area (Å²) >= 11 is 5.83. The van der Waals surface area contributed by atoms with E-state index >= 15 is 0 Å². The van der Waals surface area contributed by atoms with E-state index in [0.29, 0.717) is 18.5 Å². The first-order chi connectivity index (χ1) is 10.3. The topological polar surface area (TPSA) is 59.3 Å². The Morgan fingerprint density at radius 1 is 1.50 bits per heavy atom. The van der Waals surface area contributed by atoms with Crippen molar-refractivity contribution in [2.75, 3.05) is 0 Å². The van der Waals surface area contributed by atoms with Crippen molar-refractivity contribution in [1.29, 1.82) is 0 Å².